The minimum atomic E-state index is -1.31. The van der Waals surface area contributed by atoms with Crippen LogP contribution in [0.25, 0.3) is 21.9 Å². The lowest BCUT2D eigenvalue weighted by Crippen LogP contribution is -2.16. The van der Waals surface area contributed by atoms with Gasteiger partial charge in [0.1, 0.15) is 51.6 Å². The van der Waals surface area contributed by atoms with Crippen LogP contribution in [0.1, 0.15) is 48.4 Å². The average Bonchev–Trinajstić information content (AvgIpc) is 3.19. The first-order valence-electron chi connectivity index (χ1n) is 16.9. The summed E-state index contributed by atoms with van der Waals surface area (Å²) in [7, 11) is 1.48. The monoisotopic (exact) mass is 1010 g/mol. The molecule has 0 aliphatic carbocycles. The second-order valence-electron chi connectivity index (χ2n) is 10.6. The number of carbonyl (C=O) groups is 2. The van der Waals surface area contributed by atoms with E-state index in [9.17, 15) is 24.3 Å². The molecule has 0 atom stereocenters. The van der Waals surface area contributed by atoms with Gasteiger partial charge in [0.25, 0.3) is 5.76 Å². The number of aromatic carboxylic acids is 1. The number of benzene rings is 3. The van der Waals surface area contributed by atoms with Crippen LogP contribution in [0, 0.1) is 12.0 Å². The van der Waals surface area contributed by atoms with Gasteiger partial charge in [0.2, 0.25) is 0 Å². The Labute approximate surface area is 360 Å². The number of esters is 1. The number of carboxylic acid groups (broad SMARTS) is 1. The molecule has 4 N–H and O–H groups in total. The van der Waals surface area contributed by atoms with Crippen molar-refractivity contribution in [1.29, 1.82) is 0 Å². The number of rotatable bonds is 11. The van der Waals surface area contributed by atoms with E-state index in [1.54, 1.807) is 39.0 Å². The molecule has 59 heavy (non-hydrogen) atoms. The van der Waals surface area contributed by atoms with E-state index < -0.39 is 28.8 Å². The number of fused-ring (bicyclic) bond motifs is 2. The van der Waals surface area contributed by atoms with E-state index in [1.165, 1.54) is 49.8 Å². The summed E-state index contributed by atoms with van der Waals surface area (Å²) in [5.74, 6) is 1.27. The van der Waals surface area contributed by atoms with Crippen LogP contribution in [0.5, 0.6) is 23.0 Å². The molecule has 5 aromatic rings. The molecule has 0 fully saturated rings. The van der Waals surface area contributed by atoms with Gasteiger partial charge in [-0.3, -0.25) is 4.89 Å². The molecular formula is C39H37Br3O17. The number of methoxy groups -OCH3 is 1. The molecule has 0 amide bonds. The lowest BCUT2D eigenvalue weighted by Gasteiger charge is -2.04. The topological polar surface area (TPSA) is 240 Å². The number of carbonyl (C=O) groups excluding carboxylic acids is 1. The Balaban J connectivity index is 0.000000278. The normalized spacial score (nSPS) is 10.3. The van der Waals surface area contributed by atoms with Gasteiger partial charge in [-0.15, -0.1) is 0 Å². The van der Waals surface area contributed by atoms with E-state index in [-0.39, 0.29) is 46.3 Å². The molecule has 0 saturated carbocycles. The fourth-order valence-corrected chi connectivity index (χ4v) is 5.05. The summed E-state index contributed by atoms with van der Waals surface area (Å²) < 4.78 is 26.3. The fourth-order valence-electron chi connectivity index (χ4n) is 3.92. The van der Waals surface area contributed by atoms with Crippen molar-refractivity contribution in [2.45, 2.75) is 27.7 Å². The highest BCUT2D eigenvalue weighted by atomic mass is 79.9. The number of hydrogen-bond donors (Lipinski definition) is 4. The summed E-state index contributed by atoms with van der Waals surface area (Å²) in [6, 6.07) is 13.0. The Morgan fingerprint density at radius 2 is 1.32 bits per heavy atom. The third-order valence-corrected chi connectivity index (χ3v) is 8.41. The summed E-state index contributed by atoms with van der Waals surface area (Å²) in [6.07, 6.45) is 3.62. The first kappa shape index (κ1) is 49.4. The summed E-state index contributed by atoms with van der Waals surface area (Å²) in [5.41, 5.74) is -1.75. The van der Waals surface area contributed by atoms with Crippen LogP contribution in [-0.4, -0.2) is 65.9 Å². The predicted octanol–water partition coefficient (Wildman–Crippen LogP) is 8.32. The fraction of sp³-hybridized carbons (Fsp3) is 0.231. The van der Waals surface area contributed by atoms with Crippen molar-refractivity contribution in [3.63, 3.8) is 0 Å². The van der Waals surface area contributed by atoms with E-state index in [0.29, 0.717) is 49.8 Å². The maximum absolute atomic E-state index is 11.6. The summed E-state index contributed by atoms with van der Waals surface area (Å²) >= 11 is 9.47. The van der Waals surface area contributed by atoms with Crippen LogP contribution < -0.4 is 16.0 Å². The summed E-state index contributed by atoms with van der Waals surface area (Å²) in [5, 5.41) is 36.9. The Kier molecular flexibility index (Phi) is 21.4. The Morgan fingerprint density at radius 3 is 1.88 bits per heavy atom. The lowest BCUT2D eigenvalue weighted by molar-refractivity contribution is -0.255. The predicted molar refractivity (Wildman–Crippen MR) is 222 cm³/mol. The Hall–Kier alpha value is -5.72. The highest BCUT2D eigenvalue weighted by molar-refractivity contribution is 9.11. The zero-order valence-corrected chi connectivity index (χ0v) is 36.6. The molecule has 0 aliphatic rings. The van der Waals surface area contributed by atoms with E-state index in [1.807, 2.05) is 6.92 Å². The summed E-state index contributed by atoms with van der Waals surface area (Å²) in [6.45, 7) is 8.61. The van der Waals surface area contributed by atoms with Crippen LogP contribution in [-0.2, 0) is 29.0 Å². The minimum absolute atomic E-state index is 0.0467. The van der Waals surface area contributed by atoms with E-state index in [4.69, 9.17) is 48.1 Å². The van der Waals surface area contributed by atoms with Crippen molar-refractivity contribution in [1.82, 2.24) is 0 Å². The molecule has 0 bridgehead atoms. The molecular weight excluding hydrogens is 980 g/mol. The highest BCUT2D eigenvalue weighted by Crippen LogP contribution is 2.31. The van der Waals surface area contributed by atoms with Gasteiger partial charge in [-0.1, -0.05) is 0 Å². The molecule has 316 valence electrons. The lowest BCUT2D eigenvalue weighted by atomic mass is 10.2. The molecule has 3 aromatic carbocycles. The molecule has 0 aliphatic heterocycles. The average molecular weight is 1020 g/mol. The molecule has 2 heterocycles. The van der Waals surface area contributed by atoms with E-state index >= 15 is 0 Å². The Bertz CT molecular complexity index is 2410. The van der Waals surface area contributed by atoms with Gasteiger partial charge in [0.05, 0.1) is 47.0 Å². The smallest absolute Gasteiger partial charge is 0.351 e. The quantitative estimate of drug-likeness (QED) is 0.0185. The van der Waals surface area contributed by atoms with Gasteiger partial charge in [0.15, 0.2) is 6.11 Å². The van der Waals surface area contributed by atoms with Crippen LogP contribution in [0.15, 0.2) is 98.5 Å². The maximum atomic E-state index is 11.6. The van der Waals surface area contributed by atoms with Crippen LogP contribution >= 0.6 is 47.8 Å². The number of ether oxygens (including phenoxy) is 3. The molecule has 2 aromatic heterocycles. The maximum Gasteiger partial charge on any atom is 0.351 e. The molecule has 0 unspecified atom stereocenters. The molecule has 17 nitrogen and oxygen atoms in total. The third-order valence-electron chi connectivity index (χ3n) is 6.48. The van der Waals surface area contributed by atoms with Gasteiger partial charge < -0.3 is 48.4 Å². The second kappa shape index (κ2) is 25.6. The van der Waals surface area contributed by atoms with Crippen molar-refractivity contribution >= 4 is 81.7 Å². The van der Waals surface area contributed by atoms with Crippen molar-refractivity contribution in [3.05, 3.63) is 112 Å². The van der Waals surface area contributed by atoms with Crippen molar-refractivity contribution < 1.29 is 72.6 Å². The van der Waals surface area contributed by atoms with Gasteiger partial charge >= 0.3 is 23.2 Å². The largest absolute Gasteiger partial charge is 0.508 e. The van der Waals surface area contributed by atoms with Crippen LogP contribution in [0.4, 0.5) is 0 Å². The second-order valence-corrected chi connectivity index (χ2v) is 13.1. The first-order chi connectivity index (χ1) is 28.1. The van der Waals surface area contributed by atoms with Crippen LogP contribution in [0.3, 0.4) is 0 Å². The third kappa shape index (κ3) is 16.2. The number of aromatic hydroxyl groups is 3. The zero-order chi connectivity index (χ0) is 44.1. The van der Waals surface area contributed by atoms with Gasteiger partial charge in [-0.05, 0) is 112 Å². The molecule has 5 rings (SSSR count). The molecule has 0 saturated heterocycles. The van der Waals surface area contributed by atoms with E-state index in [0.717, 1.165) is 0 Å². The number of phenols is 3. The van der Waals surface area contributed by atoms with Crippen molar-refractivity contribution in [2.24, 2.45) is 0 Å². The SMILES string of the molecule is CCO/C=C(\C#COOCC)OOCC.CCOC(=O)c1cc2cc(Br)c(O)cc2oc1=O.COc1cc2oc(=O)c(C(=O)O)cc2cc1Br.Oc1ccc(Br)c(O)c1. The number of halogens is 3. The van der Waals surface area contributed by atoms with Gasteiger partial charge in [0, 0.05) is 34.9 Å². The standard InChI is InChI=1S/C12H9BrO5.C11H7BrO5.C10H16O5.C6H5BrO2/c1-2-17-11(15)7-3-6-4-8(13)9(14)5-10(6)18-12(7)16;1-16-9-4-8-5(3-7(9)12)2-6(10(13)14)11(15)17-8;1-4-11-9-10(15-13-6-3)7-8-14-12-5-2;7-5-2-1-4(8)3-6(5)9/h3-5,14H,2H2,1H3;2-4H,1H3,(H,13,14);9H,4-6H2,1-3H3;1-3,8-9H/b;;10-9+;. The first-order valence-corrected chi connectivity index (χ1v) is 19.2. The molecule has 0 radical (unpaired) electrons. The molecule has 20 heteroatoms. The van der Waals surface area contributed by atoms with Crippen molar-refractivity contribution in [3.8, 4) is 35.0 Å². The number of phenolic OH excluding ortho intramolecular Hbond substituents is 3. The van der Waals surface area contributed by atoms with Crippen molar-refractivity contribution in [2.75, 3.05) is 33.5 Å². The van der Waals surface area contributed by atoms with Crippen LogP contribution in [0.2, 0.25) is 0 Å². The zero-order valence-electron chi connectivity index (χ0n) is 31.8. The minimum Gasteiger partial charge on any atom is -0.508 e. The summed E-state index contributed by atoms with van der Waals surface area (Å²) in [4.78, 5) is 63.8. The Morgan fingerprint density at radius 1 is 0.729 bits per heavy atom. The van der Waals surface area contributed by atoms with Gasteiger partial charge in [-0.25, -0.2) is 19.2 Å². The van der Waals surface area contributed by atoms with Gasteiger partial charge in [-0.2, -0.15) is 9.78 Å². The number of hydrogen-bond acceptors (Lipinski definition) is 16. The number of carboxylic acids is 1. The number of allylic oxidation sites excluding steroid dienone is 1. The molecule has 0 spiro atoms. The highest BCUT2D eigenvalue weighted by Gasteiger charge is 2.16. The van der Waals surface area contributed by atoms with E-state index in [2.05, 4.69) is 69.6 Å².